The van der Waals surface area contributed by atoms with Crippen LogP contribution in [-0.4, -0.2) is 25.7 Å². The molecular weight excluding hydrogens is 230 g/mol. The lowest BCUT2D eigenvalue weighted by atomic mass is 10.1. The van der Waals surface area contributed by atoms with E-state index in [1.165, 1.54) is 0 Å². The summed E-state index contributed by atoms with van der Waals surface area (Å²) in [5.41, 5.74) is 1.34. The van der Waals surface area contributed by atoms with Crippen molar-refractivity contribution in [1.29, 1.82) is 0 Å². The lowest BCUT2D eigenvalue weighted by molar-refractivity contribution is -0.136. The first-order valence-electron chi connectivity index (χ1n) is 4.65. The Labute approximate surface area is 94.2 Å². The smallest absolute Gasteiger partial charge is 0.303 e. The van der Waals surface area contributed by atoms with E-state index in [9.17, 15) is 13.2 Å². The van der Waals surface area contributed by atoms with Crippen molar-refractivity contribution < 1.29 is 18.3 Å². The van der Waals surface area contributed by atoms with Crippen molar-refractivity contribution in [2.75, 3.05) is 11.0 Å². The summed E-state index contributed by atoms with van der Waals surface area (Å²) in [4.78, 5) is 10.3. The zero-order valence-corrected chi connectivity index (χ0v) is 9.62. The molecule has 16 heavy (non-hydrogen) atoms. The van der Waals surface area contributed by atoms with Gasteiger partial charge in [-0.2, -0.15) is 0 Å². The summed E-state index contributed by atoms with van der Waals surface area (Å²) < 4.78 is 24.2. The molecule has 0 heterocycles. The molecule has 1 aromatic carbocycles. The number of rotatable bonds is 5. The standard InChI is InChI=1S/C10H13NO4S/c1-16(14,15)11-9-5-2-8(3-6-9)4-7-10(12)13/h2-3,5-6,11H,4,7H2,1H3,(H,12,13). The van der Waals surface area contributed by atoms with E-state index >= 15 is 0 Å². The monoisotopic (exact) mass is 243 g/mol. The van der Waals surface area contributed by atoms with E-state index in [0.29, 0.717) is 12.1 Å². The zero-order chi connectivity index (χ0) is 12.2. The SMILES string of the molecule is CS(=O)(=O)Nc1ccc(CCC(=O)O)cc1. The summed E-state index contributed by atoms with van der Waals surface area (Å²) in [6.07, 6.45) is 1.58. The maximum atomic E-state index is 10.9. The fourth-order valence-corrected chi connectivity index (χ4v) is 1.77. The van der Waals surface area contributed by atoms with Crippen molar-refractivity contribution >= 4 is 21.7 Å². The van der Waals surface area contributed by atoms with E-state index < -0.39 is 16.0 Å². The highest BCUT2D eigenvalue weighted by molar-refractivity contribution is 7.92. The molecule has 0 saturated heterocycles. The Morgan fingerprint density at radius 3 is 2.31 bits per heavy atom. The number of hydrogen-bond donors (Lipinski definition) is 2. The molecule has 0 aliphatic rings. The number of nitrogens with one attached hydrogen (secondary N) is 1. The number of benzene rings is 1. The maximum absolute atomic E-state index is 10.9. The van der Waals surface area contributed by atoms with Crippen LogP contribution in [0.2, 0.25) is 0 Å². The minimum atomic E-state index is -3.26. The first kappa shape index (κ1) is 12.5. The van der Waals surface area contributed by atoms with Gasteiger partial charge in [-0.1, -0.05) is 12.1 Å². The van der Waals surface area contributed by atoms with Crippen molar-refractivity contribution in [2.24, 2.45) is 0 Å². The van der Waals surface area contributed by atoms with E-state index in [4.69, 9.17) is 5.11 Å². The highest BCUT2D eigenvalue weighted by Crippen LogP contribution is 2.12. The van der Waals surface area contributed by atoms with Gasteiger partial charge in [0.25, 0.3) is 0 Å². The van der Waals surface area contributed by atoms with E-state index in [-0.39, 0.29) is 6.42 Å². The quantitative estimate of drug-likeness (QED) is 0.810. The number of anilines is 1. The molecule has 1 rings (SSSR count). The van der Waals surface area contributed by atoms with Crippen molar-refractivity contribution in [3.05, 3.63) is 29.8 Å². The van der Waals surface area contributed by atoms with Crippen LogP contribution in [0.4, 0.5) is 5.69 Å². The van der Waals surface area contributed by atoms with Crippen molar-refractivity contribution in [1.82, 2.24) is 0 Å². The predicted octanol–water partition coefficient (Wildman–Crippen LogP) is 1.08. The second kappa shape index (κ2) is 4.98. The molecule has 0 aromatic heterocycles. The van der Waals surface area contributed by atoms with Gasteiger partial charge in [0, 0.05) is 12.1 Å². The molecule has 1 aromatic rings. The van der Waals surface area contributed by atoms with Gasteiger partial charge in [-0.15, -0.1) is 0 Å². The number of hydrogen-bond acceptors (Lipinski definition) is 3. The average Bonchev–Trinajstić information content (AvgIpc) is 2.14. The van der Waals surface area contributed by atoms with E-state index in [1.54, 1.807) is 24.3 Å². The Balaban J connectivity index is 2.64. The summed E-state index contributed by atoms with van der Waals surface area (Å²) in [6.45, 7) is 0. The minimum absolute atomic E-state index is 0.0683. The molecule has 0 atom stereocenters. The fraction of sp³-hybridized carbons (Fsp3) is 0.300. The molecule has 0 radical (unpaired) electrons. The Hall–Kier alpha value is -1.56. The Morgan fingerprint density at radius 1 is 1.31 bits per heavy atom. The molecule has 0 unspecified atom stereocenters. The van der Waals surface area contributed by atoms with E-state index in [2.05, 4.69) is 4.72 Å². The highest BCUT2D eigenvalue weighted by atomic mass is 32.2. The molecule has 6 heteroatoms. The van der Waals surface area contributed by atoms with Gasteiger partial charge in [-0.25, -0.2) is 8.42 Å². The molecule has 88 valence electrons. The van der Waals surface area contributed by atoms with Crippen molar-refractivity contribution in [2.45, 2.75) is 12.8 Å². The topological polar surface area (TPSA) is 83.5 Å². The normalized spacial score (nSPS) is 11.1. The van der Waals surface area contributed by atoms with E-state index in [1.807, 2.05) is 0 Å². The van der Waals surface area contributed by atoms with Gasteiger partial charge in [0.2, 0.25) is 10.0 Å². The molecule has 0 bridgehead atoms. The van der Waals surface area contributed by atoms with Crippen molar-refractivity contribution in [3.63, 3.8) is 0 Å². The molecule has 0 saturated carbocycles. The highest BCUT2D eigenvalue weighted by Gasteiger charge is 2.02. The second-order valence-corrected chi connectivity index (χ2v) is 5.21. The van der Waals surface area contributed by atoms with Crippen LogP contribution in [0.1, 0.15) is 12.0 Å². The largest absolute Gasteiger partial charge is 0.481 e. The second-order valence-electron chi connectivity index (χ2n) is 3.46. The Bertz CT molecular complexity index is 464. The van der Waals surface area contributed by atoms with Crippen LogP contribution in [0, 0.1) is 0 Å². The zero-order valence-electron chi connectivity index (χ0n) is 8.80. The molecule has 0 aliphatic carbocycles. The van der Waals surface area contributed by atoms with Gasteiger partial charge in [-0.3, -0.25) is 9.52 Å². The minimum Gasteiger partial charge on any atom is -0.481 e. The molecule has 0 fully saturated rings. The summed E-state index contributed by atoms with van der Waals surface area (Å²) in [6, 6.07) is 6.63. The number of carboxylic acid groups (broad SMARTS) is 1. The van der Waals surface area contributed by atoms with Gasteiger partial charge in [0.15, 0.2) is 0 Å². The van der Waals surface area contributed by atoms with Crippen LogP contribution in [0.3, 0.4) is 0 Å². The Kier molecular flexibility index (Phi) is 3.89. The van der Waals surface area contributed by atoms with Gasteiger partial charge >= 0.3 is 5.97 Å². The van der Waals surface area contributed by atoms with Crippen LogP contribution in [0.15, 0.2) is 24.3 Å². The Morgan fingerprint density at radius 2 is 1.88 bits per heavy atom. The summed E-state index contributed by atoms with van der Waals surface area (Å²) in [7, 11) is -3.26. The molecule has 0 spiro atoms. The van der Waals surface area contributed by atoms with Crippen LogP contribution >= 0.6 is 0 Å². The molecular formula is C10H13NO4S. The third-order valence-corrected chi connectivity index (χ3v) is 2.49. The molecule has 2 N–H and O–H groups in total. The number of aryl methyl sites for hydroxylation is 1. The van der Waals surface area contributed by atoms with Gasteiger partial charge < -0.3 is 5.11 Å². The van der Waals surface area contributed by atoms with Crippen LogP contribution in [-0.2, 0) is 21.2 Å². The van der Waals surface area contributed by atoms with E-state index in [0.717, 1.165) is 11.8 Å². The third kappa shape index (κ3) is 4.79. The van der Waals surface area contributed by atoms with Crippen LogP contribution in [0.25, 0.3) is 0 Å². The van der Waals surface area contributed by atoms with Crippen molar-refractivity contribution in [3.8, 4) is 0 Å². The van der Waals surface area contributed by atoms with Crippen LogP contribution < -0.4 is 4.72 Å². The summed E-state index contributed by atoms with van der Waals surface area (Å²) in [5, 5.41) is 8.49. The lowest BCUT2D eigenvalue weighted by Gasteiger charge is -2.04. The van der Waals surface area contributed by atoms with Gasteiger partial charge in [0.05, 0.1) is 6.26 Å². The predicted molar refractivity (Wildman–Crippen MR) is 60.9 cm³/mol. The fourth-order valence-electron chi connectivity index (χ4n) is 1.20. The molecule has 5 nitrogen and oxygen atoms in total. The average molecular weight is 243 g/mol. The maximum Gasteiger partial charge on any atom is 0.303 e. The lowest BCUT2D eigenvalue weighted by Crippen LogP contribution is -2.09. The first-order chi connectivity index (χ1) is 7.37. The third-order valence-electron chi connectivity index (χ3n) is 1.88. The first-order valence-corrected chi connectivity index (χ1v) is 6.54. The van der Waals surface area contributed by atoms with Gasteiger partial charge in [0.1, 0.15) is 0 Å². The number of carbonyl (C=O) groups is 1. The molecule has 0 amide bonds. The molecule has 0 aliphatic heterocycles. The summed E-state index contributed by atoms with van der Waals surface area (Å²) in [5.74, 6) is -0.849. The van der Waals surface area contributed by atoms with Crippen LogP contribution in [0.5, 0.6) is 0 Å². The number of sulfonamides is 1. The number of aliphatic carboxylic acids is 1. The van der Waals surface area contributed by atoms with Gasteiger partial charge in [-0.05, 0) is 24.1 Å². The number of carboxylic acids is 1. The summed E-state index contributed by atoms with van der Waals surface area (Å²) >= 11 is 0.